The molecule has 0 aliphatic heterocycles. The van der Waals surface area contributed by atoms with Gasteiger partial charge in [-0.2, -0.15) is 5.10 Å². The van der Waals surface area contributed by atoms with Gasteiger partial charge in [-0.05, 0) is 55.5 Å². The van der Waals surface area contributed by atoms with Crippen LogP contribution in [0.1, 0.15) is 29.5 Å². The highest BCUT2D eigenvalue weighted by atomic mass is 16.3. The third kappa shape index (κ3) is 3.56. The SMILES string of the molecule is Cc1ccc(O)c2c1CCC/C2=N\NC(=O)CNc1ccccc1. The summed E-state index contributed by atoms with van der Waals surface area (Å²) in [6.07, 6.45) is 2.64. The molecule has 0 spiro atoms. The number of amides is 1. The number of fused-ring (bicyclic) bond motifs is 1. The monoisotopic (exact) mass is 323 g/mol. The van der Waals surface area contributed by atoms with Crippen molar-refractivity contribution in [3.63, 3.8) is 0 Å². The lowest BCUT2D eigenvalue weighted by Gasteiger charge is -2.21. The molecule has 0 saturated heterocycles. The van der Waals surface area contributed by atoms with Gasteiger partial charge in [0.15, 0.2) is 0 Å². The molecule has 0 saturated carbocycles. The molecule has 24 heavy (non-hydrogen) atoms. The standard InChI is InChI=1S/C19H21N3O2/c1-13-10-11-17(23)19-15(13)8-5-9-16(19)21-22-18(24)12-20-14-6-3-2-4-7-14/h2-4,6-7,10-11,20,23H,5,8-9,12H2,1H3,(H,22,24)/b21-16+. The van der Waals surface area contributed by atoms with Crippen LogP contribution in [0.15, 0.2) is 47.6 Å². The molecular formula is C19H21N3O2. The normalized spacial score (nSPS) is 15.0. The average molecular weight is 323 g/mol. The molecule has 5 nitrogen and oxygen atoms in total. The first-order valence-electron chi connectivity index (χ1n) is 8.11. The fraction of sp³-hybridized carbons (Fsp3) is 0.263. The van der Waals surface area contributed by atoms with Crippen molar-refractivity contribution >= 4 is 17.3 Å². The summed E-state index contributed by atoms with van der Waals surface area (Å²) in [5, 5.41) is 17.5. The van der Waals surface area contributed by atoms with E-state index in [-0.39, 0.29) is 18.2 Å². The van der Waals surface area contributed by atoms with E-state index in [2.05, 4.69) is 15.8 Å². The Balaban J connectivity index is 1.68. The van der Waals surface area contributed by atoms with E-state index >= 15 is 0 Å². The molecule has 2 aromatic carbocycles. The molecule has 1 amide bonds. The summed E-state index contributed by atoms with van der Waals surface area (Å²) >= 11 is 0. The Morgan fingerprint density at radius 3 is 2.75 bits per heavy atom. The number of para-hydroxylation sites is 1. The fourth-order valence-electron chi connectivity index (χ4n) is 2.96. The van der Waals surface area contributed by atoms with Gasteiger partial charge in [-0.15, -0.1) is 0 Å². The minimum atomic E-state index is -0.217. The van der Waals surface area contributed by atoms with Crippen molar-refractivity contribution in [1.29, 1.82) is 0 Å². The molecular weight excluding hydrogens is 302 g/mol. The summed E-state index contributed by atoms with van der Waals surface area (Å²) in [7, 11) is 0. The van der Waals surface area contributed by atoms with Crippen molar-refractivity contribution in [2.45, 2.75) is 26.2 Å². The number of aryl methyl sites for hydroxylation is 1. The van der Waals surface area contributed by atoms with Gasteiger partial charge in [0.25, 0.3) is 5.91 Å². The molecule has 0 unspecified atom stereocenters. The summed E-state index contributed by atoms with van der Waals surface area (Å²) in [4.78, 5) is 12.0. The van der Waals surface area contributed by atoms with E-state index in [1.807, 2.05) is 43.3 Å². The first-order chi connectivity index (χ1) is 11.6. The molecule has 0 heterocycles. The molecule has 0 bridgehead atoms. The summed E-state index contributed by atoms with van der Waals surface area (Å²) in [5.41, 5.74) is 7.26. The van der Waals surface area contributed by atoms with Crippen LogP contribution in [0.4, 0.5) is 5.69 Å². The maximum absolute atomic E-state index is 12.0. The number of rotatable bonds is 4. The Kier molecular flexibility index (Phi) is 4.79. The van der Waals surface area contributed by atoms with Gasteiger partial charge < -0.3 is 10.4 Å². The first-order valence-corrected chi connectivity index (χ1v) is 8.11. The lowest BCUT2D eigenvalue weighted by molar-refractivity contribution is -0.119. The van der Waals surface area contributed by atoms with E-state index < -0.39 is 0 Å². The van der Waals surface area contributed by atoms with Crippen LogP contribution in [0, 0.1) is 6.92 Å². The van der Waals surface area contributed by atoms with Crippen LogP contribution in [0.3, 0.4) is 0 Å². The zero-order chi connectivity index (χ0) is 16.9. The number of carbonyl (C=O) groups is 1. The molecule has 0 atom stereocenters. The van der Waals surface area contributed by atoms with Crippen LogP contribution in [0.25, 0.3) is 0 Å². The summed E-state index contributed by atoms with van der Waals surface area (Å²) in [5.74, 6) is 0.0105. The number of anilines is 1. The molecule has 0 radical (unpaired) electrons. The number of aromatic hydroxyl groups is 1. The van der Waals surface area contributed by atoms with Crippen molar-refractivity contribution in [2.24, 2.45) is 5.10 Å². The van der Waals surface area contributed by atoms with Crippen molar-refractivity contribution in [1.82, 2.24) is 5.43 Å². The smallest absolute Gasteiger partial charge is 0.259 e. The van der Waals surface area contributed by atoms with Gasteiger partial charge in [0.05, 0.1) is 12.3 Å². The lowest BCUT2D eigenvalue weighted by Crippen LogP contribution is -2.28. The minimum Gasteiger partial charge on any atom is -0.507 e. The molecule has 0 fully saturated rings. The zero-order valence-corrected chi connectivity index (χ0v) is 13.7. The van der Waals surface area contributed by atoms with Crippen LogP contribution in [-0.2, 0) is 11.2 Å². The first kappa shape index (κ1) is 16.1. The van der Waals surface area contributed by atoms with Crippen LogP contribution in [0.2, 0.25) is 0 Å². The molecule has 5 heteroatoms. The predicted molar refractivity (Wildman–Crippen MR) is 95.4 cm³/mol. The Labute approximate surface area is 141 Å². The summed E-state index contributed by atoms with van der Waals surface area (Å²) < 4.78 is 0. The van der Waals surface area contributed by atoms with Crippen LogP contribution >= 0.6 is 0 Å². The molecule has 124 valence electrons. The van der Waals surface area contributed by atoms with E-state index in [0.29, 0.717) is 0 Å². The molecule has 3 rings (SSSR count). The van der Waals surface area contributed by atoms with Gasteiger partial charge >= 0.3 is 0 Å². The second-order valence-corrected chi connectivity index (χ2v) is 5.92. The highest BCUT2D eigenvalue weighted by Crippen LogP contribution is 2.31. The number of hydrogen-bond donors (Lipinski definition) is 3. The third-order valence-electron chi connectivity index (χ3n) is 4.20. The Hall–Kier alpha value is -2.82. The van der Waals surface area contributed by atoms with Gasteiger partial charge in [-0.25, -0.2) is 5.43 Å². The third-order valence-corrected chi connectivity index (χ3v) is 4.20. The fourth-order valence-corrected chi connectivity index (χ4v) is 2.96. The largest absolute Gasteiger partial charge is 0.507 e. The van der Waals surface area contributed by atoms with Crippen LogP contribution in [-0.4, -0.2) is 23.3 Å². The molecule has 1 aliphatic rings. The number of hydrogen-bond acceptors (Lipinski definition) is 4. The Bertz CT molecular complexity index is 770. The molecule has 3 N–H and O–H groups in total. The van der Waals surface area contributed by atoms with Gasteiger partial charge in [-0.1, -0.05) is 24.3 Å². The van der Waals surface area contributed by atoms with E-state index in [0.717, 1.165) is 47.4 Å². The second kappa shape index (κ2) is 7.17. The summed E-state index contributed by atoms with van der Waals surface area (Å²) in [6, 6.07) is 13.1. The maximum atomic E-state index is 12.0. The van der Waals surface area contributed by atoms with E-state index in [1.54, 1.807) is 6.07 Å². The average Bonchev–Trinajstić information content (AvgIpc) is 2.62. The number of hydrazone groups is 1. The van der Waals surface area contributed by atoms with Crippen molar-refractivity contribution in [3.05, 3.63) is 59.2 Å². The highest BCUT2D eigenvalue weighted by molar-refractivity contribution is 6.05. The number of nitrogens with one attached hydrogen (secondary N) is 2. The topological polar surface area (TPSA) is 73.7 Å². The molecule has 0 aromatic heterocycles. The van der Waals surface area contributed by atoms with E-state index in [9.17, 15) is 9.90 Å². The van der Waals surface area contributed by atoms with Crippen molar-refractivity contribution < 1.29 is 9.90 Å². The Morgan fingerprint density at radius 2 is 1.96 bits per heavy atom. The lowest BCUT2D eigenvalue weighted by atomic mass is 9.86. The Morgan fingerprint density at radius 1 is 1.17 bits per heavy atom. The van der Waals surface area contributed by atoms with Crippen molar-refractivity contribution in [2.75, 3.05) is 11.9 Å². The van der Waals surface area contributed by atoms with Gasteiger partial charge in [0.2, 0.25) is 0 Å². The van der Waals surface area contributed by atoms with E-state index in [1.165, 1.54) is 0 Å². The minimum absolute atomic E-state index is 0.146. The van der Waals surface area contributed by atoms with Crippen molar-refractivity contribution in [3.8, 4) is 5.75 Å². The zero-order valence-electron chi connectivity index (χ0n) is 13.7. The number of phenols is 1. The number of phenolic OH excluding ortho intramolecular Hbond substituents is 1. The number of benzene rings is 2. The predicted octanol–water partition coefficient (Wildman–Crippen LogP) is 2.97. The molecule has 1 aliphatic carbocycles. The van der Waals surface area contributed by atoms with Gasteiger partial charge in [0.1, 0.15) is 5.75 Å². The number of carbonyl (C=O) groups excluding carboxylic acids is 1. The molecule has 2 aromatic rings. The highest BCUT2D eigenvalue weighted by Gasteiger charge is 2.21. The quantitative estimate of drug-likeness (QED) is 0.757. The van der Waals surface area contributed by atoms with Gasteiger partial charge in [0, 0.05) is 11.3 Å². The maximum Gasteiger partial charge on any atom is 0.259 e. The van der Waals surface area contributed by atoms with E-state index in [4.69, 9.17) is 0 Å². The van der Waals surface area contributed by atoms with Gasteiger partial charge in [-0.3, -0.25) is 4.79 Å². The van der Waals surface area contributed by atoms with Crippen LogP contribution < -0.4 is 10.7 Å². The number of nitrogens with zero attached hydrogens (tertiary/aromatic N) is 1. The van der Waals surface area contributed by atoms with Crippen LogP contribution in [0.5, 0.6) is 5.75 Å². The summed E-state index contributed by atoms with van der Waals surface area (Å²) in [6.45, 7) is 2.18. The second-order valence-electron chi connectivity index (χ2n) is 5.92.